The lowest BCUT2D eigenvalue weighted by Gasteiger charge is -2.16. The summed E-state index contributed by atoms with van der Waals surface area (Å²) in [4.78, 5) is 11.9. The summed E-state index contributed by atoms with van der Waals surface area (Å²) in [7, 11) is 0. The Hall–Kier alpha value is -2.35. The third kappa shape index (κ3) is 4.32. The number of carbonyl (C=O) groups excluding carboxylic acids is 1. The summed E-state index contributed by atoms with van der Waals surface area (Å²) in [6.07, 6.45) is 1.97. The monoisotopic (exact) mass is 294 g/mol. The van der Waals surface area contributed by atoms with E-state index in [1.54, 1.807) is 0 Å². The molecule has 0 aliphatic carbocycles. The maximum Gasteiger partial charge on any atom is 0.311 e. The predicted molar refractivity (Wildman–Crippen MR) is 90.4 cm³/mol. The molecule has 0 heterocycles. The lowest BCUT2D eigenvalue weighted by atomic mass is 9.97. The van der Waals surface area contributed by atoms with E-state index in [4.69, 9.17) is 4.74 Å². The molecular weight excluding hydrogens is 272 g/mol. The molecule has 2 aromatic carbocycles. The van der Waals surface area contributed by atoms with Gasteiger partial charge >= 0.3 is 5.97 Å². The first-order valence-electron chi connectivity index (χ1n) is 7.47. The molecule has 0 saturated carbocycles. The van der Waals surface area contributed by atoms with E-state index in [1.807, 2.05) is 63.2 Å². The van der Waals surface area contributed by atoms with Crippen LogP contribution in [-0.4, -0.2) is 12.6 Å². The average Bonchev–Trinajstić information content (AvgIpc) is 2.52. The lowest BCUT2D eigenvalue weighted by molar-refractivity contribution is -0.151. The molecule has 0 aromatic heterocycles. The van der Waals surface area contributed by atoms with Crippen LogP contribution in [0, 0.1) is 5.41 Å². The summed E-state index contributed by atoms with van der Waals surface area (Å²) >= 11 is 0. The molecule has 0 unspecified atom stereocenters. The Morgan fingerprint density at radius 3 is 1.77 bits per heavy atom. The van der Waals surface area contributed by atoms with Gasteiger partial charge in [0, 0.05) is 0 Å². The second kappa shape index (κ2) is 7.08. The third-order valence-corrected chi connectivity index (χ3v) is 3.28. The molecule has 2 aromatic rings. The van der Waals surface area contributed by atoms with E-state index >= 15 is 0 Å². The van der Waals surface area contributed by atoms with Crippen LogP contribution in [0.5, 0.6) is 0 Å². The van der Waals surface area contributed by atoms with Gasteiger partial charge in [-0.05, 0) is 43.5 Å². The van der Waals surface area contributed by atoms with Crippen LogP contribution in [-0.2, 0) is 9.53 Å². The van der Waals surface area contributed by atoms with E-state index in [2.05, 4.69) is 24.3 Å². The predicted octanol–water partition coefficient (Wildman–Crippen LogP) is 4.71. The van der Waals surface area contributed by atoms with Gasteiger partial charge in [0.05, 0.1) is 5.41 Å². The fourth-order valence-corrected chi connectivity index (χ4v) is 2.05. The first-order valence-corrected chi connectivity index (χ1v) is 7.47. The van der Waals surface area contributed by atoms with E-state index in [0.717, 1.165) is 16.7 Å². The van der Waals surface area contributed by atoms with Crippen molar-refractivity contribution >= 4 is 11.5 Å². The maximum atomic E-state index is 11.9. The first kappa shape index (κ1) is 16.0. The molecule has 0 N–H and O–H groups in total. The highest BCUT2D eigenvalue weighted by Crippen LogP contribution is 2.23. The molecule has 0 aliphatic rings. The summed E-state index contributed by atoms with van der Waals surface area (Å²) in [6.45, 7) is 5.84. The molecule has 2 nitrogen and oxygen atoms in total. The van der Waals surface area contributed by atoms with Crippen molar-refractivity contribution in [2.75, 3.05) is 6.61 Å². The number of ether oxygens (including phenoxy) is 1. The van der Waals surface area contributed by atoms with Crippen LogP contribution in [0.15, 0.2) is 66.7 Å². The molecule has 0 spiro atoms. The minimum atomic E-state index is -0.479. The Kier molecular flexibility index (Phi) is 5.16. The van der Waals surface area contributed by atoms with Gasteiger partial charge < -0.3 is 4.74 Å². The van der Waals surface area contributed by atoms with Crippen molar-refractivity contribution in [1.29, 1.82) is 0 Å². The molecule has 0 bridgehead atoms. The summed E-state index contributed by atoms with van der Waals surface area (Å²) in [5.41, 5.74) is 2.82. The number of benzene rings is 2. The number of rotatable bonds is 4. The molecule has 0 fully saturated rings. The molecule has 0 atom stereocenters. The maximum absolute atomic E-state index is 11.9. The quantitative estimate of drug-likeness (QED) is 0.763. The zero-order valence-corrected chi connectivity index (χ0v) is 13.4. The smallest absolute Gasteiger partial charge is 0.311 e. The van der Waals surface area contributed by atoms with Crippen molar-refractivity contribution in [3.8, 4) is 0 Å². The molecular formula is C20H22O2. The summed E-state index contributed by atoms with van der Waals surface area (Å²) in [5, 5.41) is 0. The van der Waals surface area contributed by atoms with E-state index in [-0.39, 0.29) is 12.6 Å². The van der Waals surface area contributed by atoms with Crippen molar-refractivity contribution < 1.29 is 9.53 Å². The van der Waals surface area contributed by atoms with Gasteiger partial charge in [-0.2, -0.15) is 0 Å². The topological polar surface area (TPSA) is 26.3 Å². The number of hydrogen-bond donors (Lipinski definition) is 0. The minimum Gasteiger partial charge on any atom is -0.461 e. The zero-order chi connectivity index (χ0) is 16.0. The Bertz CT molecular complexity index is 593. The Morgan fingerprint density at radius 2 is 1.36 bits per heavy atom. The van der Waals surface area contributed by atoms with Crippen molar-refractivity contribution in [2.45, 2.75) is 20.8 Å². The van der Waals surface area contributed by atoms with Gasteiger partial charge in [-0.1, -0.05) is 60.7 Å². The Balaban J connectivity index is 2.23. The van der Waals surface area contributed by atoms with Gasteiger partial charge in [-0.3, -0.25) is 4.79 Å². The van der Waals surface area contributed by atoms with Crippen molar-refractivity contribution in [3.63, 3.8) is 0 Å². The SMILES string of the molecule is CC(C)(C)C(=O)OCC=C(c1ccccc1)c1ccccc1. The first-order chi connectivity index (χ1) is 10.5. The molecule has 0 radical (unpaired) electrons. The highest BCUT2D eigenvalue weighted by atomic mass is 16.5. The molecule has 114 valence electrons. The van der Waals surface area contributed by atoms with Gasteiger partial charge in [0.15, 0.2) is 0 Å². The molecule has 2 heteroatoms. The van der Waals surface area contributed by atoms with E-state index < -0.39 is 5.41 Å². The van der Waals surface area contributed by atoms with Gasteiger partial charge in [-0.15, -0.1) is 0 Å². The molecule has 0 amide bonds. The highest BCUT2D eigenvalue weighted by molar-refractivity contribution is 5.80. The largest absolute Gasteiger partial charge is 0.461 e. The molecule has 22 heavy (non-hydrogen) atoms. The van der Waals surface area contributed by atoms with Gasteiger partial charge in [-0.25, -0.2) is 0 Å². The van der Waals surface area contributed by atoms with E-state index in [0.29, 0.717) is 0 Å². The van der Waals surface area contributed by atoms with E-state index in [9.17, 15) is 4.79 Å². The number of hydrogen-bond acceptors (Lipinski definition) is 2. The molecule has 0 aliphatic heterocycles. The summed E-state index contributed by atoms with van der Waals surface area (Å²) in [5.74, 6) is -0.191. The minimum absolute atomic E-state index is 0.191. The molecule has 2 rings (SSSR count). The fraction of sp³-hybridized carbons (Fsp3) is 0.250. The van der Waals surface area contributed by atoms with Crippen LogP contribution in [0.4, 0.5) is 0 Å². The van der Waals surface area contributed by atoms with E-state index in [1.165, 1.54) is 0 Å². The Morgan fingerprint density at radius 1 is 0.909 bits per heavy atom. The van der Waals surface area contributed by atoms with Crippen LogP contribution in [0.1, 0.15) is 31.9 Å². The highest BCUT2D eigenvalue weighted by Gasteiger charge is 2.22. The number of carbonyl (C=O) groups is 1. The van der Waals surface area contributed by atoms with Crippen LogP contribution in [0.3, 0.4) is 0 Å². The van der Waals surface area contributed by atoms with Crippen molar-refractivity contribution in [2.24, 2.45) is 5.41 Å². The van der Waals surface area contributed by atoms with Gasteiger partial charge in [0.1, 0.15) is 6.61 Å². The molecule has 0 saturated heterocycles. The van der Waals surface area contributed by atoms with Gasteiger partial charge in [0.2, 0.25) is 0 Å². The third-order valence-electron chi connectivity index (χ3n) is 3.28. The fourth-order valence-electron chi connectivity index (χ4n) is 2.05. The normalized spacial score (nSPS) is 10.9. The lowest BCUT2D eigenvalue weighted by Crippen LogP contribution is -2.23. The van der Waals surface area contributed by atoms with Crippen LogP contribution in [0.2, 0.25) is 0 Å². The standard InChI is InChI=1S/C20H22O2/c1-20(2,3)19(21)22-15-14-18(16-10-6-4-7-11-16)17-12-8-5-9-13-17/h4-14H,15H2,1-3H3. The van der Waals surface area contributed by atoms with Gasteiger partial charge in [0.25, 0.3) is 0 Å². The Labute approximate surface area is 132 Å². The summed E-state index contributed by atoms with van der Waals surface area (Å²) < 4.78 is 5.36. The van der Waals surface area contributed by atoms with Crippen molar-refractivity contribution in [3.05, 3.63) is 77.9 Å². The van der Waals surface area contributed by atoms with Crippen LogP contribution in [0.25, 0.3) is 5.57 Å². The van der Waals surface area contributed by atoms with Crippen molar-refractivity contribution in [1.82, 2.24) is 0 Å². The van der Waals surface area contributed by atoms with Crippen LogP contribution < -0.4 is 0 Å². The zero-order valence-electron chi connectivity index (χ0n) is 13.4. The second-order valence-corrected chi connectivity index (χ2v) is 6.20. The summed E-state index contributed by atoms with van der Waals surface area (Å²) in [6, 6.07) is 20.3. The van der Waals surface area contributed by atoms with Crippen LogP contribution >= 0.6 is 0 Å². The second-order valence-electron chi connectivity index (χ2n) is 6.20. The number of esters is 1. The average molecular weight is 294 g/mol.